The van der Waals surface area contributed by atoms with Crippen LogP contribution in [0, 0.1) is 0 Å². The van der Waals surface area contributed by atoms with Gasteiger partial charge in [-0.3, -0.25) is 4.98 Å². The van der Waals surface area contributed by atoms with Gasteiger partial charge in [0.25, 0.3) is 0 Å². The van der Waals surface area contributed by atoms with Crippen LogP contribution in [0.1, 0.15) is 11.3 Å². The van der Waals surface area contributed by atoms with Gasteiger partial charge in [-0.05, 0) is 30.4 Å². The molecule has 2 heteroatoms. The van der Waals surface area contributed by atoms with Crippen molar-refractivity contribution in [3.8, 4) is 11.5 Å². The van der Waals surface area contributed by atoms with E-state index in [2.05, 4.69) is 4.98 Å². The molecule has 0 unspecified atom stereocenters. The number of hydrogen-bond donors (Lipinski definition) is 0. The van der Waals surface area contributed by atoms with Crippen molar-refractivity contribution >= 4 is 12.2 Å². The first-order valence-corrected chi connectivity index (χ1v) is 4.83. The first-order valence-electron chi connectivity index (χ1n) is 4.83. The Balaban J connectivity index is 2.19. The molecule has 3 rings (SSSR count). The fraction of sp³-hybridized carbons (Fsp3) is 0. The van der Waals surface area contributed by atoms with Crippen LogP contribution in [-0.4, -0.2) is 4.98 Å². The molecule has 1 aromatic heterocycles. The third kappa shape index (κ3) is 1.40. The quantitative estimate of drug-likeness (QED) is 0.548. The van der Waals surface area contributed by atoms with E-state index in [1.54, 1.807) is 6.20 Å². The largest absolute Gasteiger partial charge is 0.454 e. The van der Waals surface area contributed by atoms with Gasteiger partial charge in [0.05, 0.1) is 0 Å². The predicted molar refractivity (Wildman–Crippen MR) is 59.7 cm³/mol. The minimum atomic E-state index is 0.804. The zero-order valence-corrected chi connectivity index (χ0v) is 8.05. The van der Waals surface area contributed by atoms with Gasteiger partial charge >= 0.3 is 0 Å². The monoisotopic (exact) mass is 195 g/mol. The number of pyridine rings is 1. The highest BCUT2D eigenvalue weighted by molar-refractivity contribution is 5.75. The zero-order valence-electron chi connectivity index (χ0n) is 8.05. The van der Waals surface area contributed by atoms with Crippen molar-refractivity contribution in [1.29, 1.82) is 0 Å². The molecule has 0 aliphatic carbocycles. The second-order valence-corrected chi connectivity index (χ2v) is 3.36. The molecule has 1 aliphatic rings. The van der Waals surface area contributed by atoms with Crippen LogP contribution in [0.2, 0.25) is 0 Å². The topological polar surface area (TPSA) is 22.1 Å². The summed E-state index contributed by atoms with van der Waals surface area (Å²) in [6, 6.07) is 11.7. The highest BCUT2D eigenvalue weighted by Gasteiger charge is 2.09. The van der Waals surface area contributed by atoms with Crippen LogP contribution < -0.4 is 4.74 Å². The summed E-state index contributed by atoms with van der Waals surface area (Å²) in [5, 5.41) is 0. The molecule has 0 spiro atoms. The Morgan fingerprint density at radius 2 is 1.73 bits per heavy atom. The lowest BCUT2D eigenvalue weighted by molar-refractivity contribution is 0.479. The molecule has 72 valence electrons. The van der Waals surface area contributed by atoms with Gasteiger partial charge in [-0.15, -0.1) is 0 Å². The van der Waals surface area contributed by atoms with E-state index in [1.807, 2.05) is 48.6 Å². The number of benzene rings is 1. The molecule has 2 heterocycles. The smallest absolute Gasteiger partial charge is 0.153 e. The molecule has 0 saturated carbocycles. The minimum absolute atomic E-state index is 0.804. The minimum Gasteiger partial charge on any atom is -0.454 e. The molecule has 0 N–H and O–H groups in total. The van der Waals surface area contributed by atoms with E-state index in [-0.39, 0.29) is 0 Å². The summed E-state index contributed by atoms with van der Waals surface area (Å²) in [5.74, 6) is 1.68. The molecule has 0 fully saturated rings. The second-order valence-electron chi connectivity index (χ2n) is 3.36. The Morgan fingerprint density at radius 3 is 2.73 bits per heavy atom. The summed E-state index contributed by atoms with van der Waals surface area (Å²) in [4.78, 5) is 4.25. The third-order valence-corrected chi connectivity index (χ3v) is 2.36. The first-order chi connectivity index (χ1) is 7.43. The van der Waals surface area contributed by atoms with Crippen LogP contribution in [0.15, 0.2) is 42.6 Å². The number of aromatic nitrogens is 1. The van der Waals surface area contributed by atoms with Crippen LogP contribution in [0.25, 0.3) is 12.2 Å². The lowest BCUT2D eigenvalue weighted by Gasteiger charge is -2.06. The van der Waals surface area contributed by atoms with Crippen molar-refractivity contribution < 1.29 is 4.74 Å². The molecule has 2 aromatic rings. The van der Waals surface area contributed by atoms with Crippen molar-refractivity contribution in [2.45, 2.75) is 0 Å². The number of rotatable bonds is 0. The normalized spacial score (nSPS) is 12.3. The van der Waals surface area contributed by atoms with Crippen molar-refractivity contribution in [3.63, 3.8) is 0 Å². The summed E-state index contributed by atoms with van der Waals surface area (Å²) in [6.45, 7) is 0. The summed E-state index contributed by atoms with van der Waals surface area (Å²) in [5.41, 5.74) is 1.95. The average Bonchev–Trinajstić information content (AvgIpc) is 2.48. The van der Waals surface area contributed by atoms with E-state index in [4.69, 9.17) is 4.74 Å². The standard InChI is InChI=1S/C13H9NO/c1-2-5-12-10(4-1)7-8-11-13(15-12)6-3-9-14-11/h1-9H. The van der Waals surface area contributed by atoms with E-state index in [0.29, 0.717) is 0 Å². The fourth-order valence-electron chi connectivity index (χ4n) is 1.61. The maximum Gasteiger partial charge on any atom is 0.153 e. The Hall–Kier alpha value is -2.09. The molecule has 1 aromatic carbocycles. The van der Waals surface area contributed by atoms with Gasteiger partial charge < -0.3 is 4.74 Å². The third-order valence-electron chi connectivity index (χ3n) is 2.36. The molecule has 0 bridgehead atoms. The summed E-state index contributed by atoms with van der Waals surface area (Å²) >= 11 is 0. The van der Waals surface area contributed by atoms with E-state index < -0.39 is 0 Å². The average molecular weight is 195 g/mol. The van der Waals surface area contributed by atoms with Crippen molar-refractivity contribution in [3.05, 3.63) is 53.9 Å². The molecule has 0 amide bonds. The van der Waals surface area contributed by atoms with Gasteiger partial charge in [0.15, 0.2) is 5.75 Å². The zero-order chi connectivity index (χ0) is 10.1. The Kier molecular flexibility index (Phi) is 1.78. The Labute approximate surface area is 87.9 Å². The fourth-order valence-corrected chi connectivity index (χ4v) is 1.61. The summed E-state index contributed by atoms with van der Waals surface area (Å²) < 4.78 is 5.78. The number of para-hydroxylation sites is 1. The molecule has 1 aliphatic heterocycles. The molecule has 0 saturated heterocycles. The molecule has 2 nitrogen and oxygen atoms in total. The van der Waals surface area contributed by atoms with Crippen molar-refractivity contribution in [2.24, 2.45) is 0 Å². The maximum atomic E-state index is 5.78. The SMILES string of the molecule is C1=Cc2ncccc2Oc2ccccc21. The van der Waals surface area contributed by atoms with Gasteiger partial charge in [0.2, 0.25) is 0 Å². The lowest BCUT2D eigenvalue weighted by Crippen LogP contribution is -1.88. The Morgan fingerprint density at radius 1 is 0.867 bits per heavy atom. The van der Waals surface area contributed by atoms with Crippen LogP contribution in [0.3, 0.4) is 0 Å². The van der Waals surface area contributed by atoms with E-state index in [1.165, 1.54) is 0 Å². The molecular formula is C13H9NO. The summed E-state index contributed by atoms with van der Waals surface area (Å²) in [6.07, 6.45) is 5.76. The number of hydrogen-bond acceptors (Lipinski definition) is 2. The lowest BCUT2D eigenvalue weighted by atomic mass is 10.2. The summed E-state index contributed by atoms with van der Waals surface area (Å²) in [7, 11) is 0. The Bertz CT molecular complexity index is 484. The molecule has 15 heavy (non-hydrogen) atoms. The maximum absolute atomic E-state index is 5.78. The van der Waals surface area contributed by atoms with Gasteiger partial charge in [0, 0.05) is 11.8 Å². The van der Waals surface area contributed by atoms with E-state index >= 15 is 0 Å². The van der Waals surface area contributed by atoms with Gasteiger partial charge in [-0.2, -0.15) is 0 Å². The van der Waals surface area contributed by atoms with Gasteiger partial charge in [0.1, 0.15) is 11.4 Å². The first kappa shape index (κ1) is 8.24. The molecule has 0 atom stereocenters. The van der Waals surface area contributed by atoms with E-state index in [9.17, 15) is 0 Å². The van der Waals surface area contributed by atoms with Gasteiger partial charge in [-0.1, -0.05) is 18.2 Å². The highest BCUT2D eigenvalue weighted by atomic mass is 16.5. The van der Waals surface area contributed by atoms with Crippen molar-refractivity contribution in [1.82, 2.24) is 4.98 Å². The number of ether oxygens (including phenoxy) is 1. The van der Waals surface area contributed by atoms with Crippen LogP contribution >= 0.6 is 0 Å². The van der Waals surface area contributed by atoms with E-state index in [0.717, 1.165) is 22.8 Å². The molecular weight excluding hydrogens is 186 g/mol. The van der Waals surface area contributed by atoms with Crippen LogP contribution in [-0.2, 0) is 0 Å². The number of fused-ring (bicyclic) bond motifs is 2. The highest BCUT2D eigenvalue weighted by Crippen LogP contribution is 2.32. The predicted octanol–water partition coefficient (Wildman–Crippen LogP) is 3.36. The number of nitrogens with zero attached hydrogens (tertiary/aromatic N) is 1. The second kappa shape index (κ2) is 3.24. The van der Waals surface area contributed by atoms with Crippen LogP contribution in [0.5, 0.6) is 11.5 Å². The van der Waals surface area contributed by atoms with Crippen LogP contribution in [0.4, 0.5) is 0 Å². The van der Waals surface area contributed by atoms with Crippen molar-refractivity contribution in [2.75, 3.05) is 0 Å². The molecule has 0 radical (unpaired) electrons. The van der Waals surface area contributed by atoms with Gasteiger partial charge in [-0.25, -0.2) is 0 Å².